The predicted molar refractivity (Wildman–Crippen MR) is 35.4 cm³/mol. The number of hydrogen-bond donors (Lipinski definition) is 0. The first-order chi connectivity index (χ1) is 3.70. The van der Waals surface area contributed by atoms with Crippen molar-refractivity contribution in [3.8, 4) is 0 Å². The third kappa shape index (κ3) is 2.22. The SMILES string of the molecule is CC1=[C-]C(C)C=C1C.[Zr]. The van der Waals surface area contributed by atoms with Crippen molar-refractivity contribution in [1.82, 2.24) is 0 Å². The molecule has 0 aromatic rings. The van der Waals surface area contributed by atoms with Gasteiger partial charge in [-0.15, -0.1) is 6.92 Å². The van der Waals surface area contributed by atoms with Gasteiger partial charge in [-0.3, -0.25) is 6.08 Å². The molecule has 1 rings (SSSR count). The number of rotatable bonds is 0. The fourth-order valence-electron chi connectivity index (χ4n) is 0.997. The minimum atomic E-state index is 0. The fourth-order valence-corrected chi connectivity index (χ4v) is 0.997. The quantitative estimate of drug-likeness (QED) is 0.524. The van der Waals surface area contributed by atoms with E-state index in [0.717, 1.165) is 0 Å². The van der Waals surface area contributed by atoms with Crippen LogP contribution in [0.25, 0.3) is 0 Å². The van der Waals surface area contributed by atoms with Crippen LogP contribution < -0.4 is 0 Å². The zero-order valence-electron chi connectivity index (χ0n) is 6.15. The first-order valence-electron chi connectivity index (χ1n) is 2.99. The summed E-state index contributed by atoms with van der Waals surface area (Å²) in [5, 5.41) is 0. The maximum atomic E-state index is 3.29. The molecule has 0 fully saturated rings. The van der Waals surface area contributed by atoms with Crippen molar-refractivity contribution in [2.45, 2.75) is 20.8 Å². The van der Waals surface area contributed by atoms with Gasteiger partial charge in [0.25, 0.3) is 0 Å². The summed E-state index contributed by atoms with van der Waals surface area (Å²) in [7, 11) is 0. The Kier molecular flexibility index (Phi) is 3.65. The van der Waals surface area contributed by atoms with Crippen LogP contribution in [0.15, 0.2) is 17.2 Å². The maximum Gasteiger partial charge on any atom is 0 e. The number of allylic oxidation sites excluding steroid dienone is 4. The van der Waals surface area contributed by atoms with Crippen molar-refractivity contribution in [3.63, 3.8) is 0 Å². The molecule has 0 amide bonds. The van der Waals surface area contributed by atoms with E-state index < -0.39 is 0 Å². The van der Waals surface area contributed by atoms with Crippen LogP contribution in [-0.4, -0.2) is 0 Å². The Morgan fingerprint density at radius 3 is 2.11 bits per heavy atom. The first-order valence-corrected chi connectivity index (χ1v) is 2.99. The van der Waals surface area contributed by atoms with Crippen molar-refractivity contribution in [2.75, 3.05) is 0 Å². The molecular weight excluding hydrogens is 187 g/mol. The zero-order chi connectivity index (χ0) is 6.15. The Morgan fingerprint density at radius 1 is 1.44 bits per heavy atom. The van der Waals surface area contributed by atoms with Crippen LogP contribution in [0.5, 0.6) is 0 Å². The van der Waals surface area contributed by atoms with Crippen molar-refractivity contribution < 1.29 is 26.2 Å². The zero-order valence-corrected chi connectivity index (χ0v) is 8.61. The van der Waals surface area contributed by atoms with Crippen molar-refractivity contribution in [1.29, 1.82) is 0 Å². The smallest absolute Gasteiger partial charge is 0 e. The third-order valence-electron chi connectivity index (χ3n) is 1.54. The molecule has 1 aliphatic carbocycles. The second-order valence-corrected chi connectivity index (χ2v) is 2.41. The van der Waals surface area contributed by atoms with Gasteiger partial charge >= 0.3 is 0 Å². The molecule has 0 saturated carbocycles. The maximum absolute atomic E-state index is 3.29. The summed E-state index contributed by atoms with van der Waals surface area (Å²) in [5.74, 6) is 0.551. The molecule has 0 aliphatic heterocycles. The van der Waals surface area contributed by atoms with Crippen molar-refractivity contribution >= 4 is 0 Å². The van der Waals surface area contributed by atoms with Gasteiger partial charge in [0.05, 0.1) is 0 Å². The van der Waals surface area contributed by atoms with E-state index in [-0.39, 0.29) is 26.2 Å². The molecule has 0 aromatic heterocycles. The predicted octanol–water partition coefficient (Wildman–Crippen LogP) is 2.33. The van der Waals surface area contributed by atoms with E-state index in [4.69, 9.17) is 0 Å². The molecule has 0 radical (unpaired) electrons. The van der Waals surface area contributed by atoms with E-state index in [0.29, 0.717) is 5.92 Å². The van der Waals surface area contributed by atoms with E-state index in [9.17, 15) is 0 Å². The largest absolute Gasteiger partial charge is 0.266 e. The molecule has 0 nitrogen and oxygen atoms in total. The van der Waals surface area contributed by atoms with Crippen molar-refractivity contribution in [3.05, 3.63) is 23.3 Å². The summed E-state index contributed by atoms with van der Waals surface area (Å²) in [6.07, 6.45) is 5.52. The van der Waals surface area contributed by atoms with Gasteiger partial charge in [-0.2, -0.15) is 6.08 Å². The van der Waals surface area contributed by atoms with Gasteiger partial charge in [-0.1, -0.05) is 19.8 Å². The van der Waals surface area contributed by atoms with E-state index in [1.807, 2.05) is 0 Å². The average Bonchev–Trinajstić information content (AvgIpc) is 1.85. The van der Waals surface area contributed by atoms with Gasteiger partial charge in [0.2, 0.25) is 0 Å². The normalized spacial score (nSPS) is 24.6. The second kappa shape index (κ2) is 3.51. The van der Waals surface area contributed by atoms with Crippen molar-refractivity contribution in [2.24, 2.45) is 5.92 Å². The fraction of sp³-hybridized carbons (Fsp3) is 0.500. The van der Waals surface area contributed by atoms with Crippen LogP contribution in [0.2, 0.25) is 0 Å². The van der Waals surface area contributed by atoms with E-state index in [2.05, 4.69) is 32.9 Å². The van der Waals surface area contributed by atoms with E-state index in [1.165, 1.54) is 11.1 Å². The molecule has 9 heavy (non-hydrogen) atoms. The van der Waals surface area contributed by atoms with Crippen LogP contribution >= 0.6 is 0 Å². The van der Waals surface area contributed by atoms with Crippen LogP contribution in [0.1, 0.15) is 20.8 Å². The summed E-state index contributed by atoms with van der Waals surface area (Å²) >= 11 is 0. The molecule has 0 N–H and O–H groups in total. The standard InChI is InChI=1S/C8H11.Zr/c1-6-4-7(2)8(3)5-6;/h4,6H,1-3H3;/q-1;. The molecule has 1 heteroatoms. The van der Waals surface area contributed by atoms with Gasteiger partial charge in [0.15, 0.2) is 0 Å². The molecule has 1 atom stereocenters. The molecule has 0 heterocycles. The Balaban J connectivity index is 0.000000640. The van der Waals surface area contributed by atoms with Crippen LogP contribution in [0, 0.1) is 12.0 Å². The molecular formula is C8H11Zr-. The molecule has 1 aliphatic rings. The summed E-state index contributed by atoms with van der Waals surface area (Å²) in [6.45, 7) is 6.39. The minimum absolute atomic E-state index is 0. The van der Waals surface area contributed by atoms with Gasteiger partial charge in [-0.25, -0.2) is 11.1 Å². The average molecular weight is 198 g/mol. The summed E-state index contributed by atoms with van der Waals surface area (Å²) in [4.78, 5) is 0. The van der Waals surface area contributed by atoms with Gasteiger partial charge in [0, 0.05) is 26.2 Å². The van der Waals surface area contributed by atoms with Crippen LogP contribution in [-0.2, 0) is 26.2 Å². The van der Waals surface area contributed by atoms with Gasteiger partial charge in [-0.05, 0) is 0 Å². The Hall–Kier alpha value is 0.363. The molecule has 0 bridgehead atoms. The van der Waals surface area contributed by atoms with Gasteiger partial charge in [0.1, 0.15) is 0 Å². The first kappa shape index (κ1) is 9.36. The molecule has 48 valence electrons. The summed E-state index contributed by atoms with van der Waals surface area (Å²) in [6, 6.07) is 0. The van der Waals surface area contributed by atoms with E-state index in [1.54, 1.807) is 0 Å². The topological polar surface area (TPSA) is 0 Å². The molecule has 1 unspecified atom stereocenters. The summed E-state index contributed by atoms with van der Waals surface area (Å²) in [5.41, 5.74) is 2.70. The number of hydrogen-bond acceptors (Lipinski definition) is 0. The van der Waals surface area contributed by atoms with Crippen LogP contribution in [0.3, 0.4) is 0 Å². The molecule has 0 aromatic carbocycles. The molecule has 0 spiro atoms. The molecule has 0 saturated heterocycles. The Labute approximate surface area is 76.2 Å². The Morgan fingerprint density at radius 2 is 2.00 bits per heavy atom. The van der Waals surface area contributed by atoms with E-state index >= 15 is 0 Å². The second-order valence-electron chi connectivity index (χ2n) is 2.41. The summed E-state index contributed by atoms with van der Waals surface area (Å²) < 4.78 is 0. The van der Waals surface area contributed by atoms with Gasteiger partial charge < -0.3 is 0 Å². The Bertz CT molecular complexity index is 136. The third-order valence-corrected chi connectivity index (χ3v) is 1.54. The van der Waals surface area contributed by atoms with Crippen LogP contribution in [0.4, 0.5) is 0 Å². The monoisotopic (exact) mass is 197 g/mol. The minimum Gasteiger partial charge on any atom is -0.266 e.